The van der Waals surface area contributed by atoms with Crippen molar-refractivity contribution in [2.24, 2.45) is 5.41 Å². The predicted molar refractivity (Wildman–Crippen MR) is 268 cm³/mol. The van der Waals surface area contributed by atoms with Gasteiger partial charge in [0.25, 0.3) is 0 Å². The maximum Gasteiger partial charge on any atom is 0.343 e. The fraction of sp³-hybridized carbons (Fsp3) is 0.604. The Morgan fingerprint density at radius 2 is 1.54 bits per heavy atom. The third-order valence-electron chi connectivity index (χ3n) is 14.3. The van der Waals surface area contributed by atoms with Crippen molar-refractivity contribution < 1.29 is 48.3 Å². The molecule has 7 rings (SSSR count). The number of likely N-dealkylation sites (tertiary alicyclic amines) is 1. The summed E-state index contributed by atoms with van der Waals surface area (Å²) in [6, 6.07) is 9.84. The number of thiazole rings is 1. The molecule has 4 heterocycles. The number of aliphatic hydroxyl groups is 2. The first-order valence-electron chi connectivity index (χ1n) is 24.9. The number of piperazine rings is 1. The zero-order valence-corrected chi connectivity index (χ0v) is 43.1. The van der Waals surface area contributed by atoms with Crippen molar-refractivity contribution in [1.29, 1.82) is 0 Å². The molecule has 17 heteroatoms. The van der Waals surface area contributed by atoms with Crippen LogP contribution in [0.2, 0.25) is 0 Å². The molecule has 382 valence electrons. The summed E-state index contributed by atoms with van der Waals surface area (Å²) in [6.07, 6.45) is 1.64. The van der Waals surface area contributed by atoms with Gasteiger partial charge in [-0.1, -0.05) is 62.7 Å². The van der Waals surface area contributed by atoms with Gasteiger partial charge in [0.05, 0.1) is 60.8 Å². The van der Waals surface area contributed by atoms with Crippen molar-refractivity contribution in [2.75, 3.05) is 78.8 Å². The van der Waals surface area contributed by atoms with Gasteiger partial charge in [-0.3, -0.25) is 24.2 Å². The first-order valence-corrected chi connectivity index (χ1v) is 25.8. The Kier molecular flexibility index (Phi) is 17.6. The summed E-state index contributed by atoms with van der Waals surface area (Å²) < 4.78 is 23.7. The molecule has 16 nitrogen and oxygen atoms in total. The molecule has 3 amide bonds. The zero-order valence-electron chi connectivity index (χ0n) is 42.3. The fourth-order valence-electron chi connectivity index (χ4n) is 10.3. The lowest BCUT2D eigenvalue weighted by Crippen LogP contribution is -2.58. The highest BCUT2D eigenvalue weighted by molar-refractivity contribution is 7.13. The Morgan fingerprint density at radius 3 is 2.14 bits per heavy atom. The number of nitrogens with one attached hydrogen (secondary N) is 2. The second-order valence-electron chi connectivity index (χ2n) is 20.7. The van der Waals surface area contributed by atoms with Gasteiger partial charge >= 0.3 is 5.97 Å². The van der Waals surface area contributed by atoms with E-state index >= 15 is 0 Å². The highest BCUT2D eigenvalue weighted by atomic mass is 32.1. The van der Waals surface area contributed by atoms with Crippen molar-refractivity contribution in [3.63, 3.8) is 0 Å². The minimum atomic E-state index is -0.980. The number of carbonyl (C=O) groups excluding carboxylic acids is 4. The Balaban J connectivity index is 0.755. The van der Waals surface area contributed by atoms with E-state index in [1.807, 2.05) is 97.3 Å². The lowest BCUT2D eigenvalue weighted by Gasteiger charge is -2.36. The van der Waals surface area contributed by atoms with Gasteiger partial charge in [0, 0.05) is 52.2 Å². The van der Waals surface area contributed by atoms with Crippen molar-refractivity contribution in [3.05, 3.63) is 81.2 Å². The second-order valence-corrected chi connectivity index (χ2v) is 21.5. The molecule has 4 aliphatic rings. The molecule has 1 spiro atoms. The summed E-state index contributed by atoms with van der Waals surface area (Å²) in [5, 5.41) is 27.9. The number of aromatic nitrogens is 1. The van der Waals surface area contributed by atoms with Gasteiger partial charge < -0.3 is 44.7 Å². The number of aliphatic hydroxyl groups excluding tert-OH is 2. The first kappa shape index (κ1) is 53.1. The van der Waals surface area contributed by atoms with Gasteiger partial charge in [0.2, 0.25) is 17.7 Å². The van der Waals surface area contributed by atoms with Crippen molar-refractivity contribution >= 4 is 40.6 Å². The number of amides is 3. The average molecular weight is 987 g/mol. The molecule has 2 aromatic carbocycles. The molecule has 1 aromatic heterocycles. The van der Waals surface area contributed by atoms with Crippen LogP contribution in [-0.4, -0.2) is 162 Å². The van der Waals surface area contributed by atoms with E-state index in [0.717, 1.165) is 76.7 Å². The molecule has 0 radical (unpaired) electrons. The van der Waals surface area contributed by atoms with Crippen LogP contribution in [0.25, 0.3) is 16.0 Å². The van der Waals surface area contributed by atoms with Crippen LogP contribution in [0.15, 0.2) is 47.7 Å². The number of aryl methyl sites for hydroxylation is 4. The number of nitrogens with zero attached hydrogens (tertiary/aromatic N) is 4. The van der Waals surface area contributed by atoms with Crippen LogP contribution in [0.4, 0.5) is 0 Å². The Labute approximate surface area is 417 Å². The number of benzene rings is 2. The van der Waals surface area contributed by atoms with Crippen LogP contribution < -0.4 is 10.6 Å². The summed E-state index contributed by atoms with van der Waals surface area (Å²) in [4.78, 5) is 65.5. The normalized spacial score (nSPS) is 23.2. The van der Waals surface area contributed by atoms with E-state index in [9.17, 15) is 29.4 Å². The molecule has 4 N–H and O–H groups in total. The lowest BCUT2D eigenvalue weighted by atomic mass is 9.80. The monoisotopic (exact) mass is 987 g/mol. The number of carbonyl (C=O) groups is 4. The molecular formula is C53H74N6O10S. The zero-order chi connectivity index (χ0) is 50.3. The van der Waals surface area contributed by atoms with Crippen LogP contribution >= 0.6 is 11.3 Å². The molecule has 70 heavy (non-hydrogen) atoms. The van der Waals surface area contributed by atoms with Gasteiger partial charge in [-0.05, 0) is 93.5 Å². The minimum Gasteiger partial charge on any atom is -0.507 e. The van der Waals surface area contributed by atoms with E-state index in [1.54, 1.807) is 11.3 Å². The molecule has 3 fully saturated rings. The standard InChI is InChI=1S/C53H74N6O10S/c1-33-27-34(2)44(35(3)28-33)45-48(62)53(69-51(45)65)15-13-41(14-16-53)68-26-25-66-23-21-57-17-19-58(20-18-57)22-24-67-31-43(61)56-47(52(6,7)8)50(64)59-30-40(60)29-42(59)49(63)55-36(4)38-9-11-39(12-10-38)46-37(5)54-32-70-46/h9-12,27-28,32,36,40-42,47,60,62H,13-26,29-31H2,1-8H3,(H,55,63)(H,56,61)/t36-,40+,41-,42-,47+,53+/m0/s1. The number of esters is 1. The molecule has 2 saturated heterocycles. The van der Waals surface area contributed by atoms with E-state index in [0.29, 0.717) is 64.2 Å². The topological polar surface area (TPSA) is 192 Å². The largest absolute Gasteiger partial charge is 0.507 e. The first-order chi connectivity index (χ1) is 33.3. The van der Waals surface area contributed by atoms with Gasteiger partial charge in [0.15, 0.2) is 11.4 Å². The molecular weight excluding hydrogens is 913 g/mol. The Hall–Kier alpha value is -4.75. The van der Waals surface area contributed by atoms with E-state index in [4.69, 9.17) is 18.9 Å². The maximum absolute atomic E-state index is 14.1. The third kappa shape index (κ3) is 12.8. The van der Waals surface area contributed by atoms with Crippen molar-refractivity contribution in [2.45, 2.75) is 123 Å². The van der Waals surface area contributed by atoms with Crippen LogP contribution in [0, 0.1) is 33.1 Å². The summed E-state index contributed by atoms with van der Waals surface area (Å²) in [5.74, 6) is -1.60. The van der Waals surface area contributed by atoms with Crippen molar-refractivity contribution in [1.82, 2.24) is 30.3 Å². The lowest BCUT2D eigenvalue weighted by molar-refractivity contribution is -0.152. The summed E-state index contributed by atoms with van der Waals surface area (Å²) in [7, 11) is 0. The summed E-state index contributed by atoms with van der Waals surface area (Å²) in [6.45, 7) is 22.1. The highest BCUT2D eigenvalue weighted by Crippen LogP contribution is 2.47. The molecule has 3 aliphatic heterocycles. The predicted octanol–water partition coefficient (Wildman–Crippen LogP) is 5.59. The number of β-amino-alcohol motifs (C(OH)–C–C–N with tert-alkyl or cyclic N) is 1. The summed E-state index contributed by atoms with van der Waals surface area (Å²) in [5.41, 5.74) is 7.16. The highest BCUT2D eigenvalue weighted by Gasteiger charge is 2.51. The van der Waals surface area contributed by atoms with Gasteiger partial charge in [-0.2, -0.15) is 0 Å². The number of ether oxygens (including phenoxy) is 4. The van der Waals surface area contributed by atoms with Crippen LogP contribution in [0.1, 0.15) is 99.4 Å². The van der Waals surface area contributed by atoms with Crippen molar-refractivity contribution in [3.8, 4) is 10.4 Å². The van der Waals surface area contributed by atoms with Crippen LogP contribution in [0.3, 0.4) is 0 Å². The maximum atomic E-state index is 14.1. The average Bonchev–Trinajstić information content (AvgIpc) is 4.00. The molecule has 1 aliphatic carbocycles. The Bertz CT molecular complexity index is 2320. The molecule has 0 bridgehead atoms. The third-order valence-corrected chi connectivity index (χ3v) is 15.2. The van der Waals surface area contributed by atoms with E-state index in [2.05, 4.69) is 25.4 Å². The fourth-order valence-corrected chi connectivity index (χ4v) is 11.2. The van der Waals surface area contributed by atoms with Crippen LogP contribution in [0.5, 0.6) is 0 Å². The van der Waals surface area contributed by atoms with Crippen LogP contribution in [-0.2, 0) is 38.1 Å². The van der Waals surface area contributed by atoms with Gasteiger partial charge in [0.1, 0.15) is 24.3 Å². The van der Waals surface area contributed by atoms with E-state index in [-0.39, 0.29) is 43.4 Å². The van der Waals surface area contributed by atoms with E-state index in [1.165, 1.54) is 4.90 Å². The molecule has 0 unspecified atom stereocenters. The second kappa shape index (κ2) is 23.2. The molecule has 4 atom stereocenters. The SMILES string of the molecule is Cc1cc(C)c(C2=C(O)[C@]3(CC[C@H](OCCOCCN4CCN(CCOCC(=O)N[C@H](C(=O)N5C[C@H](O)C[C@H]5C(=O)N[C@@H](C)c5ccc(-c6scnc6C)cc5)C(C)(C)C)CC4)CC3)OC2=O)c(C)c1. The molecule has 1 saturated carbocycles. The number of hydrogen-bond donors (Lipinski definition) is 4. The smallest absolute Gasteiger partial charge is 0.343 e. The van der Waals surface area contributed by atoms with Gasteiger partial charge in [-0.25, -0.2) is 9.78 Å². The van der Waals surface area contributed by atoms with Gasteiger partial charge in [-0.15, -0.1) is 11.3 Å². The number of hydrogen-bond acceptors (Lipinski definition) is 14. The van der Waals surface area contributed by atoms with E-state index < -0.39 is 47.0 Å². The number of rotatable bonds is 19. The quantitative estimate of drug-likeness (QED) is 0.0860. The minimum absolute atomic E-state index is 0.00482. The molecule has 3 aromatic rings. The summed E-state index contributed by atoms with van der Waals surface area (Å²) >= 11 is 1.58. The Morgan fingerprint density at radius 1 is 0.914 bits per heavy atom.